The molecule has 0 saturated heterocycles. The molecule has 2 amide bonds. The van der Waals surface area contributed by atoms with Gasteiger partial charge in [0.1, 0.15) is 5.69 Å². The van der Waals surface area contributed by atoms with Crippen molar-refractivity contribution in [1.29, 1.82) is 0 Å². The van der Waals surface area contributed by atoms with E-state index in [-0.39, 0.29) is 17.5 Å². The van der Waals surface area contributed by atoms with Crippen molar-refractivity contribution in [2.24, 2.45) is 5.92 Å². The lowest BCUT2D eigenvalue weighted by molar-refractivity contribution is 0.0950. The van der Waals surface area contributed by atoms with Gasteiger partial charge in [0.2, 0.25) is 5.78 Å². The zero-order valence-electron chi connectivity index (χ0n) is 14.4. The zero-order chi connectivity index (χ0) is 18.1. The normalized spacial score (nSPS) is 13.6. The van der Waals surface area contributed by atoms with Gasteiger partial charge in [-0.1, -0.05) is 6.07 Å². The molecule has 0 radical (unpaired) electrons. The van der Waals surface area contributed by atoms with Crippen LogP contribution in [0.25, 0.3) is 5.78 Å². The van der Waals surface area contributed by atoms with Crippen molar-refractivity contribution in [3.8, 4) is 0 Å². The summed E-state index contributed by atoms with van der Waals surface area (Å²) in [6.45, 7) is 2.59. The minimum absolute atomic E-state index is 0.121. The van der Waals surface area contributed by atoms with Crippen LogP contribution in [0, 0.1) is 12.8 Å². The second-order valence-electron chi connectivity index (χ2n) is 6.59. The van der Waals surface area contributed by atoms with Crippen LogP contribution in [0.3, 0.4) is 0 Å². The Bertz CT molecular complexity index is 958. The molecule has 7 heteroatoms. The van der Waals surface area contributed by atoms with E-state index in [4.69, 9.17) is 0 Å². The van der Waals surface area contributed by atoms with E-state index in [1.807, 2.05) is 13.0 Å². The number of benzene rings is 1. The zero-order valence-corrected chi connectivity index (χ0v) is 14.4. The van der Waals surface area contributed by atoms with Crippen molar-refractivity contribution in [3.63, 3.8) is 0 Å². The Morgan fingerprint density at radius 3 is 2.88 bits per heavy atom. The fourth-order valence-electron chi connectivity index (χ4n) is 2.68. The van der Waals surface area contributed by atoms with Crippen LogP contribution in [-0.2, 0) is 0 Å². The van der Waals surface area contributed by atoms with Gasteiger partial charge >= 0.3 is 0 Å². The number of nitrogens with one attached hydrogen (secondary N) is 2. The molecule has 1 aromatic carbocycles. The van der Waals surface area contributed by atoms with Crippen LogP contribution in [0.5, 0.6) is 0 Å². The summed E-state index contributed by atoms with van der Waals surface area (Å²) in [4.78, 5) is 33.1. The molecule has 0 aliphatic heterocycles. The summed E-state index contributed by atoms with van der Waals surface area (Å²) in [6.07, 6.45) is 7.39. The maximum absolute atomic E-state index is 12.5. The molecule has 0 atom stereocenters. The average Bonchev–Trinajstić information content (AvgIpc) is 3.37. The number of aromatic nitrogens is 3. The number of hydrogen-bond acceptors (Lipinski definition) is 4. The van der Waals surface area contributed by atoms with Crippen molar-refractivity contribution >= 4 is 23.3 Å². The predicted octanol–water partition coefficient (Wildman–Crippen LogP) is 2.43. The number of nitrogens with zero attached hydrogens (tertiary/aromatic N) is 3. The smallest absolute Gasteiger partial charge is 0.275 e. The van der Waals surface area contributed by atoms with Crippen LogP contribution in [0.1, 0.15) is 39.3 Å². The Labute approximate surface area is 150 Å². The van der Waals surface area contributed by atoms with Gasteiger partial charge in [-0.05, 0) is 49.4 Å². The number of carbonyl (C=O) groups is 2. The first-order chi connectivity index (χ1) is 12.6. The van der Waals surface area contributed by atoms with Crippen molar-refractivity contribution in [2.75, 3.05) is 11.9 Å². The molecule has 1 saturated carbocycles. The van der Waals surface area contributed by atoms with Crippen LogP contribution in [-0.4, -0.2) is 32.7 Å². The highest BCUT2D eigenvalue weighted by Gasteiger charge is 2.22. The molecule has 2 aromatic heterocycles. The molecule has 2 heterocycles. The lowest BCUT2D eigenvalue weighted by atomic mass is 10.1. The van der Waals surface area contributed by atoms with Crippen molar-refractivity contribution in [3.05, 3.63) is 59.7 Å². The lowest BCUT2D eigenvalue weighted by Crippen LogP contribution is -2.25. The van der Waals surface area contributed by atoms with Gasteiger partial charge in [0.25, 0.3) is 11.8 Å². The molecule has 0 unspecified atom stereocenters. The maximum atomic E-state index is 12.5. The molecule has 3 aromatic rings. The highest BCUT2D eigenvalue weighted by Crippen LogP contribution is 2.27. The van der Waals surface area contributed by atoms with E-state index in [0.29, 0.717) is 29.5 Å². The van der Waals surface area contributed by atoms with Gasteiger partial charge in [0.15, 0.2) is 0 Å². The third kappa shape index (κ3) is 3.42. The Kier molecular flexibility index (Phi) is 4.12. The fourth-order valence-corrected chi connectivity index (χ4v) is 2.68. The monoisotopic (exact) mass is 349 g/mol. The van der Waals surface area contributed by atoms with Crippen molar-refractivity contribution in [1.82, 2.24) is 19.7 Å². The van der Waals surface area contributed by atoms with Crippen molar-refractivity contribution < 1.29 is 9.59 Å². The first-order valence-electron chi connectivity index (χ1n) is 8.60. The second-order valence-corrected chi connectivity index (χ2v) is 6.59. The van der Waals surface area contributed by atoms with Crippen LogP contribution in [0.4, 0.5) is 5.69 Å². The Hall–Kier alpha value is -3.22. The van der Waals surface area contributed by atoms with Gasteiger partial charge in [-0.15, -0.1) is 0 Å². The number of amides is 2. The minimum atomic E-state index is -0.339. The summed E-state index contributed by atoms with van der Waals surface area (Å²) in [5, 5.41) is 5.77. The number of anilines is 1. The van der Waals surface area contributed by atoms with E-state index in [2.05, 4.69) is 20.6 Å². The standard InChI is InChI=1S/C19H19N5O2/c1-12-3-6-14(17(25)21-10-13-4-5-13)9-15(12)22-18(26)16-11-24-8-2-7-20-19(24)23-16/h2-3,6-9,11,13H,4-5,10H2,1H3,(H,21,25)(H,22,26). The molecule has 0 spiro atoms. The predicted molar refractivity (Wildman–Crippen MR) is 97.2 cm³/mol. The minimum Gasteiger partial charge on any atom is -0.352 e. The van der Waals surface area contributed by atoms with Crippen LogP contribution in [0.15, 0.2) is 42.9 Å². The molecule has 1 fully saturated rings. The van der Waals surface area contributed by atoms with Gasteiger partial charge in [-0.25, -0.2) is 9.97 Å². The average molecular weight is 349 g/mol. The SMILES string of the molecule is Cc1ccc(C(=O)NCC2CC2)cc1NC(=O)c1cn2cccnc2n1. The number of aryl methyl sites for hydroxylation is 1. The van der Waals surface area contributed by atoms with Crippen LogP contribution in [0.2, 0.25) is 0 Å². The number of hydrogen-bond donors (Lipinski definition) is 2. The second kappa shape index (κ2) is 6.59. The summed E-state index contributed by atoms with van der Waals surface area (Å²) in [7, 11) is 0. The summed E-state index contributed by atoms with van der Waals surface area (Å²) < 4.78 is 1.68. The van der Waals surface area contributed by atoms with Gasteiger partial charge in [-0.2, -0.15) is 0 Å². The van der Waals surface area contributed by atoms with E-state index >= 15 is 0 Å². The lowest BCUT2D eigenvalue weighted by Gasteiger charge is -2.10. The summed E-state index contributed by atoms with van der Waals surface area (Å²) in [5.74, 6) is 0.619. The fraction of sp³-hybridized carbons (Fsp3) is 0.263. The van der Waals surface area contributed by atoms with Gasteiger partial charge in [0, 0.05) is 36.4 Å². The molecule has 0 bridgehead atoms. The Morgan fingerprint density at radius 1 is 1.27 bits per heavy atom. The first-order valence-corrected chi connectivity index (χ1v) is 8.60. The molecule has 1 aliphatic carbocycles. The third-order valence-electron chi connectivity index (χ3n) is 4.46. The van der Waals surface area contributed by atoms with Gasteiger partial charge in [-0.3, -0.25) is 14.0 Å². The van der Waals surface area contributed by atoms with Gasteiger partial charge in [0.05, 0.1) is 0 Å². The van der Waals surface area contributed by atoms with Gasteiger partial charge < -0.3 is 10.6 Å². The molecule has 132 valence electrons. The third-order valence-corrected chi connectivity index (χ3v) is 4.46. The Morgan fingerprint density at radius 2 is 2.12 bits per heavy atom. The molecule has 2 N–H and O–H groups in total. The summed E-state index contributed by atoms with van der Waals surface area (Å²) in [6, 6.07) is 7.06. The van der Waals surface area contributed by atoms with E-state index in [0.717, 1.165) is 5.56 Å². The van der Waals surface area contributed by atoms with Crippen molar-refractivity contribution in [2.45, 2.75) is 19.8 Å². The Balaban J connectivity index is 1.51. The molecule has 7 nitrogen and oxygen atoms in total. The molecule has 4 rings (SSSR count). The summed E-state index contributed by atoms with van der Waals surface area (Å²) >= 11 is 0. The summed E-state index contributed by atoms with van der Waals surface area (Å²) in [5.41, 5.74) is 2.27. The first kappa shape index (κ1) is 16.3. The topological polar surface area (TPSA) is 88.4 Å². The number of carbonyl (C=O) groups excluding carboxylic acids is 2. The number of imidazole rings is 1. The highest BCUT2D eigenvalue weighted by atomic mass is 16.2. The highest BCUT2D eigenvalue weighted by molar-refractivity contribution is 6.04. The largest absolute Gasteiger partial charge is 0.352 e. The number of fused-ring (bicyclic) bond motifs is 1. The molecular formula is C19H19N5O2. The van der Waals surface area contributed by atoms with E-state index in [1.54, 1.807) is 41.2 Å². The molecule has 26 heavy (non-hydrogen) atoms. The van der Waals surface area contributed by atoms with E-state index in [1.165, 1.54) is 12.8 Å². The molecule has 1 aliphatic rings. The number of rotatable bonds is 5. The van der Waals surface area contributed by atoms with E-state index < -0.39 is 0 Å². The quantitative estimate of drug-likeness (QED) is 0.740. The van der Waals surface area contributed by atoms with Crippen LogP contribution >= 0.6 is 0 Å². The van der Waals surface area contributed by atoms with Crippen LogP contribution < -0.4 is 10.6 Å². The van der Waals surface area contributed by atoms with E-state index in [9.17, 15) is 9.59 Å². The molecular weight excluding hydrogens is 330 g/mol. The maximum Gasteiger partial charge on any atom is 0.275 e.